The number of amides is 1. The molecule has 4 nitrogen and oxygen atoms in total. The Bertz CT molecular complexity index is 709. The van der Waals surface area contributed by atoms with E-state index in [0.717, 1.165) is 30.8 Å². The number of halogens is 3. The van der Waals surface area contributed by atoms with Gasteiger partial charge in [-0.05, 0) is 24.1 Å². The molecule has 1 aliphatic heterocycles. The molecule has 0 radical (unpaired) electrons. The molecule has 1 aromatic carbocycles. The van der Waals surface area contributed by atoms with Crippen LogP contribution in [0.1, 0.15) is 23.2 Å². The van der Waals surface area contributed by atoms with Crippen LogP contribution in [0.2, 0.25) is 0 Å². The summed E-state index contributed by atoms with van der Waals surface area (Å²) in [6.07, 6.45) is -1.27. The van der Waals surface area contributed by atoms with E-state index in [1.54, 1.807) is 6.20 Å². The summed E-state index contributed by atoms with van der Waals surface area (Å²) in [5.74, 6) is -0.262. The van der Waals surface area contributed by atoms with Gasteiger partial charge in [-0.1, -0.05) is 18.2 Å². The fourth-order valence-electron chi connectivity index (χ4n) is 2.81. The molecule has 23 heavy (non-hydrogen) atoms. The largest absolute Gasteiger partial charge is 0.416 e. The smallest absolute Gasteiger partial charge is 0.353 e. The van der Waals surface area contributed by atoms with Gasteiger partial charge in [-0.25, -0.2) is 0 Å². The lowest BCUT2D eigenvalue weighted by molar-refractivity contribution is -0.137. The summed E-state index contributed by atoms with van der Waals surface area (Å²) in [5.41, 5.74) is 0.683. The number of hydrogen-bond donors (Lipinski definition) is 1. The zero-order valence-corrected chi connectivity index (χ0v) is 12.3. The molecular weight excluding hydrogens is 307 g/mol. The Balaban J connectivity index is 1.60. The van der Waals surface area contributed by atoms with Crippen molar-refractivity contribution < 1.29 is 18.0 Å². The van der Waals surface area contributed by atoms with E-state index in [-0.39, 0.29) is 18.4 Å². The first-order valence-electron chi connectivity index (χ1n) is 7.38. The molecule has 1 amide bonds. The topological polar surface area (TPSA) is 46.9 Å². The van der Waals surface area contributed by atoms with Gasteiger partial charge < -0.3 is 5.32 Å². The number of benzene rings is 1. The Morgan fingerprint density at radius 3 is 2.96 bits per heavy atom. The summed E-state index contributed by atoms with van der Waals surface area (Å²) < 4.78 is 39.9. The van der Waals surface area contributed by atoms with Gasteiger partial charge in [0.1, 0.15) is 0 Å². The van der Waals surface area contributed by atoms with E-state index in [4.69, 9.17) is 0 Å². The molecule has 122 valence electrons. The van der Waals surface area contributed by atoms with E-state index in [0.29, 0.717) is 12.0 Å². The van der Waals surface area contributed by atoms with Gasteiger partial charge in [-0.2, -0.15) is 18.3 Å². The molecule has 2 aromatic rings. The maximum absolute atomic E-state index is 12.7. The predicted octanol–water partition coefficient (Wildman–Crippen LogP) is 2.58. The molecule has 2 heterocycles. The molecule has 0 aliphatic carbocycles. The van der Waals surface area contributed by atoms with E-state index >= 15 is 0 Å². The SMILES string of the molecule is O=C(Cc1cccc(C(F)(F)F)c1)NC1CCn2nccc2C1. The molecule has 1 aliphatic rings. The molecule has 1 unspecified atom stereocenters. The first-order valence-corrected chi connectivity index (χ1v) is 7.38. The first kappa shape index (κ1) is 15.6. The van der Waals surface area contributed by atoms with Gasteiger partial charge in [0.25, 0.3) is 0 Å². The highest BCUT2D eigenvalue weighted by molar-refractivity contribution is 5.79. The van der Waals surface area contributed by atoms with E-state index in [2.05, 4.69) is 10.4 Å². The Kier molecular flexibility index (Phi) is 4.11. The van der Waals surface area contributed by atoms with Crippen molar-refractivity contribution in [1.82, 2.24) is 15.1 Å². The van der Waals surface area contributed by atoms with Crippen molar-refractivity contribution in [3.05, 3.63) is 53.3 Å². The second kappa shape index (κ2) is 6.06. The number of hydrogen-bond acceptors (Lipinski definition) is 2. The zero-order valence-electron chi connectivity index (χ0n) is 12.3. The lowest BCUT2D eigenvalue weighted by Gasteiger charge is -2.24. The van der Waals surface area contributed by atoms with Gasteiger partial charge in [0.05, 0.1) is 12.0 Å². The number of nitrogens with one attached hydrogen (secondary N) is 1. The standard InChI is InChI=1S/C16H16F3N3O/c17-16(18,19)12-3-1-2-11(8-12)9-15(23)21-13-5-7-22-14(10-13)4-6-20-22/h1-4,6,8,13H,5,7,9-10H2,(H,21,23). The van der Waals surface area contributed by atoms with Crippen LogP contribution in [0.3, 0.4) is 0 Å². The maximum atomic E-state index is 12.7. The predicted molar refractivity (Wildman–Crippen MR) is 77.6 cm³/mol. The number of rotatable bonds is 3. The van der Waals surface area contributed by atoms with Crippen molar-refractivity contribution in [3.8, 4) is 0 Å². The fourth-order valence-corrected chi connectivity index (χ4v) is 2.81. The van der Waals surface area contributed by atoms with Crippen molar-refractivity contribution in [2.45, 2.75) is 38.0 Å². The third-order valence-corrected chi connectivity index (χ3v) is 3.93. The summed E-state index contributed by atoms with van der Waals surface area (Å²) in [7, 11) is 0. The molecule has 1 atom stereocenters. The van der Waals surface area contributed by atoms with Crippen LogP contribution in [-0.4, -0.2) is 21.7 Å². The molecule has 3 rings (SSSR count). The normalized spacial score (nSPS) is 17.6. The Morgan fingerprint density at radius 2 is 2.17 bits per heavy atom. The average Bonchev–Trinajstić information content (AvgIpc) is 2.94. The number of fused-ring (bicyclic) bond motifs is 1. The van der Waals surface area contributed by atoms with Crippen LogP contribution in [0.15, 0.2) is 36.5 Å². The molecule has 0 fully saturated rings. The molecule has 0 saturated carbocycles. The second-order valence-corrected chi connectivity index (χ2v) is 5.68. The third kappa shape index (κ3) is 3.72. The minimum atomic E-state index is -4.39. The molecule has 0 spiro atoms. The summed E-state index contributed by atoms with van der Waals surface area (Å²) in [5, 5.41) is 7.06. The highest BCUT2D eigenvalue weighted by Crippen LogP contribution is 2.29. The maximum Gasteiger partial charge on any atom is 0.416 e. The van der Waals surface area contributed by atoms with Gasteiger partial charge in [0.2, 0.25) is 5.91 Å². The monoisotopic (exact) mass is 323 g/mol. The van der Waals surface area contributed by atoms with Crippen LogP contribution in [0.25, 0.3) is 0 Å². The lowest BCUT2D eigenvalue weighted by atomic mass is 10.0. The first-order chi connectivity index (χ1) is 10.9. The van der Waals surface area contributed by atoms with E-state index < -0.39 is 11.7 Å². The third-order valence-electron chi connectivity index (χ3n) is 3.93. The number of carbonyl (C=O) groups excluding carboxylic acids is 1. The van der Waals surface area contributed by atoms with Gasteiger partial charge in [-0.15, -0.1) is 0 Å². The Hall–Kier alpha value is -2.31. The quantitative estimate of drug-likeness (QED) is 0.944. The highest BCUT2D eigenvalue weighted by atomic mass is 19.4. The van der Waals surface area contributed by atoms with Crippen LogP contribution in [0.4, 0.5) is 13.2 Å². The molecule has 0 bridgehead atoms. The molecule has 0 saturated heterocycles. The highest BCUT2D eigenvalue weighted by Gasteiger charge is 2.30. The number of carbonyl (C=O) groups is 1. The molecule has 7 heteroatoms. The molecular formula is C16H16F3N3O. The van der Waals surface area contributed by atoms with Crippen molar-refractivity contribution in [1.29, 1.82) is 0 Å². The number of nitrogens with zero attached hydrogens (tertiary/aromatic N) is 2. The van der Waals surface area contributed by atoms with Gasteiger partial charge >= 0.3 is 6.18 Å². The zero-order chi connectivity index (χ0) is 16.4. The van der Waals surface area contributed by atoms with E-state index in [1.165, 1.54) is 12.1 Å². The van der Waals surface area contributed by atoms with Crippen molar-refractivity contribution >= 4 is 5.91 Å². The summed E-state index contributed by atoms with van der Waals surface area (Å²) in [4.78, 5) is 12.1. The van der Waals surface area contributed by atoms with Crippen LogP contribution in [0.5, 0.6) is 0 Å². The van der Waals surface area contributed by atoms with Crippen molar-refractivity contribution in [2.24, 2.45) is 0 Å². The second-order valence-electron chi connectivity index (χ2n) is 5.68. The Morgan fingerprint density at radius 1 is 1.35 bits per heavy atom. The van der Waals surface area contributed by atoms with Gasteiger partial charge in [0, 0.05) is 30.9 Å². The summed E-state index contributed by atoms with van der Waals surface area (Å²) in [6, 6.07) is 6.79. The lowest BCUT2D eigenvalue weighted by Crippen LogP contribution is -2.40. The van der Waals surface area contributed by atoms with Crippen molar-refractivity contribution in [3.63, 3.8) is 0 Å². The van der Waals surface area contributed by atoms with Gasteiger partial charge in [-0.3, -0.25) is 9.48 Å². The molecule has 1 N–H and O–H groups in total. The number of alkyl halides is 3. The fraction of sp³-hybridized carbons (Fsp3) is 0.375. The van der Waals surface area contributed by atoms with E-state index in [1.807, 2.05) is 10.7 Å². The number of aromatic nitrogens is 2. The summed E-state index contributed by atoms with van der Waals surface area (Å²) >= 11 is 0. The van der Waals surface area contributed by atoms with Crippen LogP contribution in [0, 0.1) is 0 Å². The van der Waals surface area contributed by atoms with Crippen molar-refractivity contribution in [2.75, 3.05) is 0 Å². The Labute approximate surface area is 131 Å². The van der Waals surface area contributed by atoms with Gasteiger partial charge in [0.15, 0.2) is 0 Å². The van der Waals surface area contributed by atoms with Crippen LogP contribution in [-0.2, 0) is 30.4 Å². The molecule has 1 aromatic heterocycles. The van der Waals surface area contributed by atoms with Crippen LogP contribution < -0.4 is 5.32 Å². The minimum absolute atomic E-state index is 0.00232. The minimum Gasteiger partial charge on any atom is -0.353 e. The average molecular weight is 323 g/mol. The van der Waals surface area contributed by atoms with Crippen LogP contribution >= 0.6 is 0 Å². The van der Waals surface area contributed by atoms with E-state index in [9.17, 15) is 18.0 Å². The number of aryl methyl sites for hydroxylation is 1. The summed E-state index contributed by atoms with van der Waals surface area (Å²) in [6.45, 7) is 0.733.